The summed E-state index contributed by atoms with van der Waals surface area (Å²) >= 11 is 12.0. The number of phenols is 1. The van der Waals surface area contributed by atoms with E-state index in [0.29, 0.717) is 32.7 Å². The van der Waals surface area contributed by atoms with Gasteiger partial charge in [0.25, 0.3) is 11.5 Å². The Hall–Kier alpha value is -3.03. The molecule has 0 fully saturated rings. The fourth-order valence-electron chi connectivity index (χ4n) is 2.68. The molecule has 9 heteroatoms. The van der Waals surface area contributed by atoms with Gasteiger partial charge in [0, 0.05) is 11.3 Å². The molecule has 0 saturated carbocycles. The van der Waals surface area contributed by atoms with Crippen molar-refractivity contribution in [1.82, 2.24) is 15.2 Å². The SMILES string of the molecule is C/C(=N/NC(=O)c1cccc(O)c1)c1c(C)[nH]n(-c2ccc(Cl)c(Cl)c2)c1=O. The van der Waals surface area contributed by atoms with Crippen molar-refractivity contribution < 1.29 is 9.90 Å². The van der Waals surface area contributed by atoms with E-state index in [1.807, 2.05) is 0 Å². The third-order valence-electron chi connectivity index (χ3n) is 4.03. The zero-order valence-electron chi connectivity index (χ0n) is 15.0. The molecule has 144 valence electrons. The number of carbonyl (C=O) groups excluding carboxylic acids is 1. The molecule has 2 aromatic carbocycles. The molecule has 28 heavy (non-hydrogen) atoms. The molecule has 1 aromatic heterocycles. The molecule has 3 rings (SSSR count). The molecule has 0 unspecified atom stereocenters. The Labute approximate surface area is 170 Å². The Morgan fingerprint density at radius 2 is 1.93 bits per heavy atom. The van der Waals surface area contributed by atoms with Gasteiger partial charge in [-0.25, -0.2) is 10.1 Å². The Morgan fingerprint density at radius 1 is 1.18 bits per heavy atom. The first-order chi connectivity index (χ1) is 13.3. The number of H-pyrrole nitrogens is 1. The first kappa shape index (κ1) is 19.7. The van der Waals surface area contributed by atoms with Crippen LogP contribution in [0.4, 0.5) is 0 Å². The lowest BCUT2D eigenvalue weighted by Crippen LogP contribution is -2.23. The Kier molecular flexibility index (Phi) is 5.58. The lowest BCUT2D eigenvalue weighted by Gasteiger charge is -2.03. The molecule has 0 aliphatic carbocycles. The Morgan fingerprint density at radius 3 is 2.61 bits per heavy atom. The van der Waals surface area contributed by atoms with Crippen molar-refractivity contribution in [3.63, 3.8) is 0 Å². The maximum atomic E-state index is 12.8. The number of phenolic OH excluding ortho intramolecular Hbond substituents is 1. The van der Waals surface area contributed by atoms with Crippen molar-refractivity contribution >= 4 is 34.8 Å². The number of aromatic hydroxyl groups is 1. The van der Waals surface area contributed by atoms with E-state index in [-0.39, 0.29) is 16.9 Å². The summed E-state index contributed by atoms with van der Waals surface area (Å²) in [5.41, 5.74) is 4.02. The first-order valence-electron chi connectivity index (χ1n) is 8.19. The third kappa shape index (κ3) is 3.95. The van der Waals surface area contributed by atoms with Crippen molar-refractivity contribution in [1.29, 1.82) is 0 Å². The summed E-state index contributed by atoms with van der Waals surface area (Å²) in [5, 5.41) is 17.1. The van der Waals surface area contributed by atoms with Crippen LogP contribution in [0.2, 0.25) is 10.0 Å². The highest BCUT2D eigenvalue weighted by atomic mass is 35.5. The van der Waals surface area contributed by atoms with Crippen LogP contribution in [0.15, 0.2) is 52.4 Å². The minimum atomic E-state index is -0.506. The lowest BCUT2D eigenvalue weighted by molar-refractivity contribution is 0.0954. The molecule has 3 aromatic rings. The summed E-state index contributed by atoms with van der Waals surface area (Å²) in [6, 6.07) is 10.7. The van der Waals surface area contributed by atoms with Gasteiger partial charge in [-0.1, -0.05) is 29.3 Å². The quantitative estimate of drug-likeness (QED) is 0.445. The van der Waals surface area contributed by atoms with E-state index in [9.17, 15) is 14.7 Å². The van der Waals surface area contributed by atoms with Gasteiger partial charge in [0.1, 0.15) is 5.75 Å². The molecule has 0 spiro atoms. The third-order valence-corrected chi connectivity index (χ3v) is 4.77. The molecule has 3 N–H and O–H groups in total. The van der Waals surface area contributed by atoms with Crippen LogP contribution in [0.25, 0.3) is 5.69 Å². The van der Waals surface area contributed by atoms with E-state index in [1.165, 1.54) is 16.8 Å². The van der Waals surface area contributed by atoms with E-state index in [4.69, 9.17) is 23.2 Å². The van der Waals surface area contributed by atoms with Gasteiger partial charge in [-0.15, -0.1) is 0 Å². The summed E-state index contributed by atoms with van der Waals surface area (Å²) in [5.74, 6) is -0.535. The number of aromatic amines is 1. The largest absolute Gasteiger partial charge is 0.508 e. The lowest BCUT2D eigenvalue weighted by atomic mass is 10.2. The summed E-state index contributed by atoms with van der Waals surface area (Å²) in [6.45, 7) is 3.33. The number of rotatable bonds is 4. The van der Waals surface area contributed by atoms with Gasteiger partial charge in [0.2, 0.25) is 0 Å². The highest BCUT2D eigenvalue weighted by Gasteiger charge is 2.16. The molecule has 0 saturated heterocycles. The smallest absolute Gasteiger partial charge is 0.280 e. The predicted octanol–water partition coefficient (Wildman–Crippen LogP) is 3.64. The van der Waals surface area contributed by atoms with Crippen molar-refractivity contribution in [3.8, 4) is 11.4 Å². The zero-order chi connectivity index (χ0) is 20.4. The number of carbonyl (C=O) groups is 1. The fourth-order valence-corrected chi connectivity index (χ4v) is 2.97. The van der Waals surface area contributed by atoms with Crippen molar-refractivity contribution in [3.05, 3.63) is 79.7 Å². The van der Waals surface area contributed by atoms with Crippen LogP contribution in [-0.4, -0.2) is 26.5 Å². The molecule has 0 aliphatic rings. The number of aromatic nitrogens is 2. The van der Waals surface area contributed by atoms with Gasteiger partial charge in [-0.3, -0.25) is 14.7 Å². The number of hydrogen-bond donors (Lipinski definition) is 3. The topological polar surface area (TPSA) is 99.5 Å². The van der Waals surface area contributed by atoms with Crippen molar-refractivity contribution in [2.45, 2.75) is 13.8 Å². The minimum Gasteiger partial charge on any atom is -0.508 e. The zero-order valence-corrected chi connectivity index (χ0v) is 16.5. The number of aryl methyl sites for hydroxylation is 1. The van der Waals surface area contributed by atoms with Crippen LogP contribution in [0.1, 0.15) is 28.5 Å². The average molecular weight is 419 g/mol. The van der Waals surface area contributed by atoms with Gasteiger partial charge >= 0.3 is 0 Å². The number of hydrazone groups is 1. The maximum absolute atomic E-state index is 12.8. The van der Waals surface area contributed by atoms with Gasteiger partial charge < -0.3 is 5.11 Å². The number of nitrogens with one attached hydrogen (secondary N) is 2. The molecule has 0 radical (unpaired) electrons. The summed E-state index contributed by atoms with van der Waals surface area (Å²) < 4.78 is 1.32. The van der Waals surface area contributed by atoms with E-state index in [1.54, 1.807) is 44.2 Å². The molecule has 1 heterocycles. The van der Waals surface area contributed by atoms with E-state index < -0.39 is 5.91 Å². The number of benzene rings is 2. The second-order valence-electron chi connectivity index (χ2n) is 6.04. The second kappa shape index (κ2) is 7.92. The number of nitrogens with zero attached hydrogens (tertiary/aromatic N) is 2. The van der Waals surface area contributed by atoms with Crippen LogP contribution in [-0.2, 0) is 0 Å². The monoisotopic (exact) mass is 418 g/mol. The van der Waals surface area contributed by atoms with Crippen LogP contribution in [0.5, 0.6) is 5.75 Å². The maximum Gasteiger partial charge on any atom is 0.280 e. The normalized spacial score (nSPS) is 11.5. The van der Waals surface area contributed by atoms with Crippen LogP contribution in [0.3, 0.4) is 0 Å². The van der Waals surface area contributed by atoms with Gasteiger partial charge in [0.15, 0.2) is 0 Å². The molecule has 1 amide bonds. The van der Waals surface area contributed by atoms with E-state index in [2.05, 4.69) is 15.6 Å². The highest BCUT2D eigenvalue weighted by molar-refractivity contribution is 6.42. The molecule has 0 atom stereocenters. The summed E-state index contributed by atoms with van der Waals surface area (Å²) in [7, 11) is 0. The molecular weight excluding hydrogens is 403 g/mol. The van der Waals surface area contributed by atoms with Crippen LogP contribution in [0, 0.1) is 6.92 Å². The molecular formula is C19H16Cl2N4O3. The van der Waals surface area contributed by atoms with Gasteiger partial charge in [-0.05, 0) is 50.2 Å². The van der Waals surface area contributed by atoms with Gasteiger partial charge in [-0.2, -0.15) is 5.10 Å². The second-order valence-corrected chi connectivity index (χ2v) is 6.85. The predicted molar refractivity (Wildman–Crippen MR) is 109 cm³/mol. The molecule has 0 aliphatic heterocycles. The highest BCUT2D eigenvalue weighted by Crippen LogP contribution is 2.24. The summed E-state index contributed by atoms with van der Waals surface area (Å²) in [6.07, 6.45) is 0. The van der Waals surface area contributed by atoms with Gasteiger partial charge in [0.05, 0.1) is 27.0 Å². The first-order valence-corrected chi connectivity index (χ1v) is 8.94. The van der Waals surface area contributed by atoms with Crippen molar-refractivity contribution in [2.75, 3.05) is 0 Å². The average Bonchev–Trinajstić information content (AvgIpc) is 2.96. The Balaban J connectivity index is 1.90. The van der Waals surface area contributed by atoms with E-state index >= 15 is 0 Å². The number of amides is 1. The summed E-state index contributed by atoms with van der Waals surface area (Å²) in [4.78, 5) is 25.0. The van der Waals surface area contributed by atoms with Crippen LogP contribution >= 0.6 is 23.2 Å². The molecule has 0 bridgehead atoms. The number of halogens is 2. The van der Waals surface area contributed by atoms with E-state index in [0.717, 1.165) is 0 Å². The van der Waals surface area contributed by atoms with Crippen LogP contribution < -0.4 is 11.0 Å². The number of hydrogen-bond acceptors (Lipinski definition) is 4. The minimum absolute atomic E-state index is 0.0284. The fraction of sp³-hybridized carbons (Fsp3) is 0.105. The standard InChI is InChI=1S/C19H16Cl2N4O3/c1-10(22-23-18(27)12-4-3-5-14(26)8-12)17-11(2)24-25(19(17)28)13-6-7-15(20)16(21)9-13/h3-9,24,26H,1-2H3,(H,23,27)/b22-10-. The Bertz CT molecular complexity index is 1150. The van der Waals surface area contributed by atoms with Crippen molar-refractivity contribution in [2.24, 2.45) is 5.10 Å². The molecule has 7 nitrogen and oxygen atoms in total.